The van der Waals surface area contributed by atoms with Crippen LogP contribution in [0.4, 0.5) is 5.69 Å². The Hall–Kier alpha value is -2.38. The highest BCUT2D eigenvalue weighted by Gasteiger charge is 2.15. The molecule has 0 saturated carbocycles. The molecule has 1 amide bonds. The number of thiocarbonyl (C=S) groups is 1. The molecule has 0 aromatic heterocycles. The average Bonchev–Trinajstić information content (AvgIpc) is 2.67. The van der Waals surface area contributed by atoms with Gasteiger partial charge in [0.25, 0.3) is 5.91 Å². The van der Waals surface area contributed by atoms with Crippen LogP contribution >= 0.6 is 28.1 Å². The second-order valence-corrected chi connectivity index (χ2v) is 7.20. The highest BCUT2D eigenvalue weighted by Crippen LogP contribution is 2.24. The molecule has 2 rings (SSSR count). The molecule has 2 aromatic rings. The van der Waals surface area contributed by atoms with Crippen molar-refractivity contribution in [3.05, 3.63) is 65.2 Å². The van der Waals surface area contributed by atoms with Gasteiger partial charge in [0.2, 0.25) is 0 Å². The van der Waals surface area contributed by atoms with E-state index in [1.165, 1.54) is 0 Å². The minimum atomic E-state index is -0.343. The Balaban J connectivity index is 2.03. The fourth-order valence-electron chi connectivity index (χ4n) is 2.28. The van der Waals surface area contributed by atoms with Gasteiger partial charge in [0.05, 0.1) is 12.2 Å². The zero-order valence-corrected chi connectivity index (χ0v) is 18.1. The summed E-state index contributed by atoms with van der Waals surface area (Å²) in [7, 11) is 0. The van der Waals surface area contributed by atoms with Crippen LogP contribution in [0.15, 0.2) is 59.6 Å². The molecule has 7 heteroatoms. The van der Waals surface area contributed by atoms with Crippen molar-refractivity contribution in [2.45, 2.75) is 19.8 Å². The smallest absolute Gasteiger partial charge is 0.261 e. The molecule has 0 atom stereocenters. The first-order valence-electron chi connectivity index (χ1n) is 8.92. The van der Waals surface area contributed by atoms with E-state index in [1.807, 2.05) is 24.3 Å². The number of rotatable bonds is 9. The Morgan fingerprint density at radius 2 is 2.07 bits per heavy atom. The van der Waals surface area contributed by atoms with Crippen LogP contribution in [-0.4, -0.2) is 24.2 Å². The van der Waals surface area contributed by atoms with Crippen molar-refractivity contribution in [2.24, 2.45) is 0 Å². The molecule has 0 heterocycles. The van der Waals surface area contributed by atoms with Gasteiger partial charge in [-0.25, -0.2) is 0 Å². The van der Waals surface area contributed by atoms with Crippen molar-refractivity contribution < 1.29 is 14.3 Å². The maximum atomic E-state index is 12.7. The molecule has 0 bridgehead atoms. The molecule has 0 aliphatic rings. The number of hydrogen-bond donors (Lipinski definition) is 2. The number of carbonyl (C=O) groups excluding carboxylic acids is 1. The summed E-state index contributed by atoms with van der Waals surface area (Å²) in [6.07, 6.45) is 3.60. The van der Waals surface area contributed by atoms with E-state index in [4.69, 9.17) is 21.7 Å². The molecule has 0 aliphatic carbocycles. The summed E-state index contributed by atoms with van der Waals surface area (Å²) in [5.41, 5.74) is 1.12. The second kappa shape index (κ2) is 11.5. The topological polar surface area (TPSA) is 59.6 Å². The van der Waals surface area contributed by atoms with Crippen LogP contribution in [0.5, 0.6) is 11.5 Å². The number of ether oxygens (including phenoxy) is 2. The SMILES string of the molecule is C=CCOc1cccc(NC(=S)NC(=O)c2cc(Br)ccc2OCCCC)c1. The van der Waals surface area contributed by atoms with Crippen molar-refractivity contribution in [1.82, 2.24) is 5.32 Å². The van der Waals surface area contributed by atoms with Gasteiger partial charge in [-0.15, -0.1) is 0 Å². The van der Waals surface area contributed by atoms with Gasteiger partial charge in [-0.2, -0.15) is 0 Å². The number of nitrogens with one attached hydrogen (secondary N) is 2. The van der Waals surface area contributed by atoms with Gasteiger partial charge < -0.3 is 14.8 Å². The number of halogens is 1. The third-order valence-electron chi connectivity index (χ3n) is 3.63. The summed E-state index contributed by atoms with van der Waals surface area (Å²) in [5, 5.41) is 5.86. The lowest BCUT2D eigenvalue weighted by Crippen LogP contribution is -2.34. The van der Waals surface area contributed by atoms with Gasteiger partial charge in [-0.05, 0) is 49.0 Å². The number of hydrogen-bond acceptors (Lipinski definition) is 4. The molecule has 2 N–H and O–H groups in total. The lowest BCUT2D eigenvalue weighted by atomic mass is 10.2. The Bertz CT molecular complexity index is 842. The number of carbonyl (C=O) groups is 1. The van der Waals surface area contributed by atoms with Crippen LogP contribution in [0, 0.1) is 0 Å². The zero-order chi connectivity index (χ0) is 20.4. The number of unbranched alkanes of at least 4 members (excludes halogenated alkanes) is 1. The number of amides is 1. The first-order valence-corrected chi connectivity index (χ1v) is 10.1. The molecule has 0 saturated heterocycles. The summed E-state index contributed by atoms with van der Waals surface area (Å²) in [5.74, 6) is 0.860. The third kappa shape index (κ3) is 6.98. The highest BCUT2D eigenvalue weighted by atomic mass is 79.9. The number of benzene rings is 2. The van der Waals surface area contributed by atoms with Gasteiger partial charge in [0, 0.05) is 16.2 Å². The largest absolute Gasteiger partial charge is 0.493 e. The van der Waals surface area contributed by atoms with Gasteiger partial charge in [-0.3, -0.25) is 10.1 Å². The summed E-state index contributed by atoms with van der Waals surface area (Å²) >= 11 is 8.66. The minimum Gasteiger partial charge on any atom is -0.493 e. The molecule has 0 radical (unpaired) electrons. The molecule has 0 aliphatic heterocycles. The normalized spacial score (nSPS) is 10.1. The molecule has 28 heavy (non-hydrogen) atoms. The first-order chi connectivity index (χ1) is 13.5. The van der Waals surface area contributed by atoms with Crippen molar-refractivity contribution in [3.63, 3.8) is 0 Å². The van der Waals surface area contributed by atoms with Gasteiger partial charge in [-0.1, -0.05) is 48.0 Å². The Morgan fingerprint density at radius 3 is 2.82 bits per heavy atom. The van der Waals surface area contributed by atoms with Crippen LogP contribution in [0.3, 0.4) is 0 Å². The second-order valence-electron chi connectivity index (χ2n) is 5.88. The molecular weight excluding hydrogens is 440 g/mol. The van der Waals surface area contributed by atoms with E-state index in [0.29, 0.717) is 36.0 Å². The van der Waals surface area contributed by atoms with Crippen molar-refractivity contribution in [1.29, 1.82) is 0 Å². The predicted octanol–water partition coefficient (Wildman–Crippen LogP) is 5.32. The lowest BCUT2D eigenvalue weighted by Gasteiger charge is -2.14. The zero-order valence-electron chi connectivity index (χ0n) is 15.7. The molecular formula is C21H23BrN2O3S. The molecule has 5 nitrogen and oxygen atoms in total. The van der Waals surface area contributed by atoms with E-state index in [2.05, 4.69) is 40.1 Å². The van der Waals surface area contributed by atoms with E-state index in [0.717, 1.165) is 17.3 Å². The third-order valence-corrected chi connectivity index (χ3v) is 4.33. The van der Waals surface area contributed by atoms with Crippen molar-refractivity contribution in [2.75, 3.05) is 18.5 Å². The van der Waals surface area contributed by atoms with Gasteiger partial charge in [0.1, 0.15) is 18.1 Å². The maximum absolute atomic E-state index is 12.7. The lowest BCUT2D eigenvalue weighted by molar-refractivity contribution is 0.0973. The van der Waals surface area contributed by atoms with E-state index in [1.54, 1.807) is 24.3 Å². The summed E-state index contributed by atoms with van der Waals surface area (Å²) < 4.78 is 12.0. The van der Waals surface area contributed by atoms with E-state index in [9.17, 15) is 4.79 Å². The van der Waals surface area contributed by atoms with E-state index >= 15 is 0 Å². The molecule has 148 valence electrons. The first kappa shape index (κ1) is 21.9. The van der Waals surface area contributed by atoms with Crippen LogP contribution in [0.25, 0.3) is 0 Å². The monoisotopic (exact) mass is 462 g/mol. The van der Waals surface area contributed by atoms with Crippen LogP contribution in [0.2, 0.25) is 0 Å². The standard InChI is InChI=1S/C21H23BrN2O3S/c1-3-5-12-27-19-10-9-15(22)13-18(19)20(25)24-21(28)23-16-7-6-8-17(14-16)26-11-4-2/h4,6-10,13-14H,2-3,5,11-12H2,1H3,(H2,23,24,25,28). The summed E-state index contributed by atoms with van der Waals surface area (Å²) in [6, 6.07) is 12.6. The quantitative estimate of drug-likeness (QED) is 0.300. The van der Waals surface area contributed by atoms with Crippen LogP contribution < -0.4 is 20.1 Å². The summed E-state index contributed by atoms with van der Waals surface area (Å²) in [4.78, 5) is 12.7. The Morgan fingerprint density at radius 1 is 1.25 bits per heavy atom. The van der Waals surface area contributed by atoms with Gasteiger partial charge >= 0.3 is 0 Å². The predicted molar refractivity (Wildman–Crippen MR) is 120 cm³/mol. The van der Waals surface area contributed by atoms with E-state index in [-0.39, 0.29) is 11.0 Å². The maximum Gasteiger partial charge on any atom is 0.261 e. The van der Waals surface area contributed by atoms with E-state index < -0.39 is 0 Å². The van der Waals surface area contributed by atoms with Crippen LogP contribution in [-0.2, 0) is 0 Å². The molecule has 0 spiro atoms. The van der Waals surface area contributed by atoms with Crippen molar-refractivity contribution in [3.8, 4) is 11.5 Å². The highest BCUT2D eigenvalue weighted by molar-refractivity contribution is 9.10. The number of anilines is 1. The average molecular weight is 463 g/mol. The molecule has 0 fully saturated rings. The fraction of sp³-hybridized carbons (Fsp3) is 0.238. The minimum absolute atomic E-state index is 0.186. The fourth-order valence-corrected chi connectivity index (χ4v) is 2.86. The summed E-state index contributed by atoms with van der Waals surface area (Å²) in [6.45, 7) is 6.67. The van der Waals surface area contributed by atoms with Gasteiger partial charge in [0.15, 0.2) is 5.11 Å². The Labute approximate surface area is 179 Å². The van der Waals surface area contributed by atoms with Crippen LogP contribution in [0.1, 0.15) is 30.1 Å². The molecule has 0 unspecified atom stereocenters. The Kier molecular flexibility index (Phi) is 8.97. The molecule has 2 aromatic carbocycles. The van der Waals surface area contributed by atoms with Crippen molar-refractivity contribution >= 4 is 44.9 Å².